The lowest BCUT2D eigenvalue weighted by Gasteiger charge is -2.03. The molecule has 2 N–H and O–H groups in total. The molecule has 4 nitrogen and oxygen atoms in total. The van der Waals surface area contributed by atoms with Crippen molar-refractivity contribution < 1.29 is 14.7 Å². The fourth-order valence-corrected chi connectivity index (χ4v) is 2.75. The van der Waals surface area contributed by atoms with Crippen LogP contribution in [0.1, 0.15) is 24.1 Å². The van der Waals surface area contributed by atoms with Crippen LogP contribution in [0.2, 0.25) is 0 Å². The van der Waals surface area contributed by atoms with Gasteiger partial charge in [0.05, 0.1) is 0 Å². The second-order valence-corrected chi connectivity index (χ2v) is 5.49. The first-order valence-corrected chi connectivity index (χ1v) is 6.96. The topological polar surface area (TPSA) is 66.4 Å². The van der Waals surface area contributed by atoms with Gasteiger partial charge < -0.3 is 10.4 Å². The first-order chi connectivity index (χ1) is 8.08. The van der Waals surface area contributed by atoms with Crippen molar-refractivity contribution >= 4 is 39.1 Å². The molecule has 1 rings (SSSR count). The lowest BCUT2D eigenvalue weighted by Crippen LogP contribution is -2.25. The van der Waals surface area contributed by atoms with Gasteiger partial charge in [0.1, 0.15) is 0 Å². The molecule has 0 aliphatic heterocycles. The van der Waals surface area contributed by atoms with Crippen LogP contribution in [0.25, 0.3) is 0 Å². The molecule has 0 bridgehead atoms. The van der Waals surface area contributed by atoms with Gasteiger partial charge in [-0.05, 0) is 34.8 Å². The number of hydrogen-bond acceptors (Lipinski definition) is 3. The Morgan fingerprint density at radius 1 is 1.41 bits per heavy atom. The second kappa shape index (κ2) is 7.45. The number of carboxylic acids is 1. The Kier molecular flexibility index (Phi) is 6.21. The van der Waals surface area contributed by atoms with E-state index < -0.39 is 5.97 Å². The van der Waals surface area contributed by atoms with Gasteiger partial charge in [0.15, 0.2) is 0 Å². The summed E-state index contributed by atoms with van der Waals surface area (Å²) in [5, 5.41) is 13.2. The van der Waals surface area contributed by atoms with Gasteiger partial charge in [-0.2, -0.15) is 0 Å². The third kappa shape index (κ3) is 6.43. The molecule has 1 amide bonds. The van der Waals surface area contributed by atoms with Crippen LogP contribution < -0.4 is 5.32 Å². The number of rotatable bonds is 7. The lowest BCUT2D eigenvalue weighted by molar-refractivity contribution is -0.137. The summed E-state index contributed by atoms with van der Waals surface area (Å²) in [5.41, 5.74) is 0. The quantitative estimate of drug-likeness (QED) is 0.811. The number of carbonyl (C=O) groups excluding carboxylic acids is 1. The molecule has 0 saturated heterocycles. The van der Waals surface area contributed by atoms with E-state index in [4.69, 9.17) is 5.11 Å². The van der Waals surface area contributed by atoms with Gasteiger partial charge in [0.25, 0.3) is 0 Å². The molecule has 94 valence electrons. The van der Waals surface area contributed by atoms with Gasteiger partial charge in [0, 0.05) is 34.1 Å². The SMILES string of the molecule is O=C(O)CCCC(=O)NCCc1cc(Br)cs1. The van der Waals surface area contributed by atoms with E-state index in [-0.39, 0.29) is 18.7 Å². The molecule has 1 aromatic rings. The first kappa shape index (κ1) is 14.2. The molecule has 0 aliphatic rings. The zero-order chi connectivity index (χ0) is 12.7. The predicted octanol–water partition coefficient (Wildman–Crippen LogP) is 2.42. The summed E-state index contributed by atoms with van der Waals surface area (Å²) in [6.45, 7) is 0.596. The van der Waals surface area contributed by atoms with Crippen LogP contribution in [-0.2, 0) is 16.0 Å². The van der Waals surface area contributed by atoms with Crippen LogP contribution in [-0.4, -0.2) is 23.5 Å². The molecule has 0 aromatic carbocycles. The molecule has 1 aromatic heterocycles. The van der Waals surface area contributed by atoms with E-state index in [0.717, 1.165) is 10.9 Å². The summed E-state index contributed by atoms with van der Waals surface area (Å²) in [5.74, 6) is -0.942. The van der Waals surface area contributed by atoms with Gasteiger partial charge in [-0.3, -0.25) is 9.59 Å². The van der Waals surface area contributed by atoms with E-state index in [9.17, 15) is 9.59 Å². The van der Waals surface area contributed by atoms with E-state index in [1.54, 1.807) is 11.3 Å². The Labute approximate surface area is 112 Å². The minimum Gasteiger partial charge on any atom is -0.481 e. The van der Waals surface area contributed by atoms with Crippen molar-refractivity contribution in [2.75, 3.05) is 6.54 Å². The lowest BCUT2D eigenvalue weighted by atomic mass is 10.2. The van der Waals surface area contributed by atoms with Crippen molar-refractivity contribution in [2.45, 2.75) is 25.7 Å². The molecule has 0 spiro atoms. The van der Waals surface area contributed by atoms with Crippen molar-refractivity contribution in [3.63, 3.8) is 0 Å². The molecular formula is C11H14BrNO3S. The van der Waals surface area contributed by atoms with E-state index >= 15 is 0 Å². The largest absolute Gasteiger partial charge is 0.481 e. The summed E-state index contributed by atoms with van der Waals surface area (Å²) in [4.78, 5) is 22.8. The molecule has 17 heavy (non-hydrogen) atoms. The molecule has 0 aliphatic carbocycles. The standard InChI is InChI=1S/C11H14BrNO3S/c12-8-6-9(17-7-8)4-5-13-10(14)2-1-3-11(15)16/h6-7H,1-5H2,(H,13,14)(H,15,16). The van der Waals surface area contributed by atoms with Crippen LogP contribution in [0.3, 0.4) is 0 Å². The molecule has 0 radical (unpaired) electrons. The van der Waals surface area contributed by atoms with Crippen molar-refractivity contribution in [1.82, 2.24) is 5.32 Å². The number of carboxylic acid groups (broad SMARTS) is 1. The molecule has 0 fully saturated rings. The number of aliphatic carboxylic acids is 1. The molecule has 0 atom stereocenters. The van der Waals surface area contributed by atoms with E-state index in [1.165, 1.54) is 4.88 Å². The number of hydrogen-bond donors (Lipinski definition) is 2. The highest BCUT2D eigenvalue weighted by Gasteiger charge is 2.04. The van der Waals surface area contributed by atoms with Gasteiger partial charge in [-0.25, -0.2) is 0 Å². The van der Waals surface area contributed by atoms with Crippen LogP contribution in [0, 0.1) is 0 Å². The maximum Gasteiger partial charge on any atom is 0.303 e. The summed E-state index contributed by atoms with van der Waals surface area (Å²) in [7, 11) is 0. The van der Waals surface area contributed by atoms with E-state index in [0.29, 0.717) is 13.0 Å². The second-order valence-electron chi connectivity index (χ2n) is 3.58. The van der Waals surface area contributed by atoms with Crippen molar-refractivity contribution in [3.8, 4) is 0 Å². The molecule has 0 saturated carbocycles. The Morgan fingerprint density at radius 3 is 2.76 bits per heavy atom. The van der Waals surface area contributed by atoms with Crippen molar-refractivity contribution in [3.05, 3.63) is 20.8 Å². The number of halogens is 1. The molecular weight excluding hydrogens is 306 g/mol. The monoisotopic (exact) mass is 319 g/mol. The highest BCUT2D eigenvalue weighted by molar-refractivity contribution is 9.10. The number of amides is 1. The maximum atomic E-state index is 11.3. The van der Waals surface area contributed by atoms with Crippen LogP contribution in [0.4, 0.5) is 0 Å². The number of carbonyl (C=O) groups is 2. The highest BCUT2D eigenvalue weighted by Crippen LogP contribution is 2.19. The first-order valence-electron chi connectivity index (χ1n) is 5.29. The maximum absolute atomic E-state index is 11.3. The normalized spacial score (nSPS) is 10.2. The van der Waals surface area contributed by atoms with Gasteiger partial charge in [0.2, 0.25) is 5.91 Å². The summed E-state index contributed by atoms with van der Waals surface area (Å²) in [6, 6.07) is 2.03. The minimum atomic E-state index is -0.860. The number of nitrogens with one attached hydrogen (secondary N) is 1. The molecule has 6 heteroatoms. The summed E-state index contributed by atoms with van der Waals surface area (Å²) in [6.07, 6.45) is 1.53. The predicted molar refractivity (Wildman–Crippen MR) is 70.2 cm³/mol. The van der Waals surface area contributed by atoms with Crippen LogP contribution in [0.15, 0.2) is 15.9 Å². The molecule has 1 heterocycles. The Balaban J connectivity index is 2.10. The average molecular weight is 320 g/mol. The Hall–Kier alpha value is -0.880. The average Bonchev–Trinajstić information content (AvgIpc) is 2.63. The third-order valence-corrected chi connectivity index (χ3v) is 3.87. The van der Waals surface area contributed by atoms with Crippen molar-refractivity contribution in [1.29, 1.82) is 0 Å². The molecule has 0 unspecified atom stereocenters. The highest BCUT2D eigenvalue weighted by atomic mass is 79.9. The number of thiophene rings is 1. The fraction of sp³-hybridized carbons (Fsp3) is 0.455. The zero-order valence-electron chi connectivity index (χ0n) is 9.24. The van der Waals surface area contributed by atoms with Gasteiger partial charge in [-0.15, -0.1) is 11.3 Å². The third-order valence-electron chi connectivity index (χ3n) is 2.11. The van der Waals surface area contributed by atoms with Gasteiger partial charge in [-0.1, -0.05) is 0 Å². The van der Waals surface area contributed by atoms with Gasteiger partial charge >= 0.3 is 5.97 Å². The summed E-state index contributed by atoms with van der Waals surface area (Å²) >= 11 is 5.02. The Bertz CT molecular complexity index is 392. The van der Waals surface area contributed by atoms with Crippen LogP contribution >= 0.6 is 27.3 Å². The zero-order valence-corrected chi connectivity index (χ0v) is 11.6. The van der Waals surface area contributed by atoms with E-state index in [2.05, 4.69) is 21.2 Å². The van der Waals surface area contributed by atoms with Crippen molar-refractivity contribution in [2.24, 2.45) is 0 Å². The minimum absolute atomic E-state index is 0.0469. The Morgan fingerprint density at radius 2 is 2.18 bits per heavy atom. The fourth-order valence-electron chi connectivity index (χ4n) is 1.30. The van der Waals surface area contributed by atoms with E-state index in [1.807, 2.05) is 11.4 Å². The smallest absolute Gasteiger partial charge is 0.303 e. The van der Waals surface area contributed by atoms with Crippen LogP contribution in [0.5, 0.6) is 0 Å². The summed E-state index contributed by atoms with van der Waals surface area (Å²) < 4.78 is 1.06.